The summed E-state index contributed by atoms with van der Waals surface area (Å²) in [6.45, 7) is 7.98. The summed E-state index contributed by atoms with van der Waals surface area (Å²) >= 11 is 3.79. The average Bonchev–Trinajstić information content (AvgIpc) is 2.27. The highest BCUT2D eigenvalue weighted by Gasteiger charge is 2.22. The van der Waals surface area contributed by atoms with Crippen molar-refractivity contribution in [2.45, 2.75) is 19.8 Å². The van der Waals surface area contributed by atoms with Crippen LogP contribution in [-0.2, 0) is 4.18 Å². The van der Waals surface area contributed by atoms with Gasteiger partial charge in [0.1, 0.15) is 0 Å². The Bertz CT molecular complexity index is 333. The third-order valence-electron chi connectivity index (χ3n) is 3.10. The number of thiol groups is 1. The van der Waals surface area contributed by atoms with Gasteiger partial charge >= 0.3 is 0 Å². The van der Waals surface area contributed by atoms with Gasteiger partial charge in [-0.2, -0.15) is 0 Å². The number of hydrogen-bond donors (Lipinski definition) is 1. The summed E-state index contributed by atoms with van der Waals surface area (Å²) in [5, 5.41) is 0. The SMILES string of the molecule is C=C(OS)N1CCC2=CCC(C)C=C2C1. The van der Waals surface area contributed by atoms with Crippen LogP contribution in [0.15, 0.2) is 35.8 Å². The monoisotopic (exact) mass is 223 g/mol. The number of rotatable bonds is 2. The van der Waals surface area contributed by atoms with E-state index in [-0.39, 0.29) is 0 Å². The maximum atomic E-state index is 4.88. The second-order valence-electron chi connectivity index (χ2n) is 4.29. The van der Waals surface area contributed by atoms with E-state index in [1.807, 2.05) is 0 Å². The van der Waals surface area contributed by atoms with Crippen LogP contribution in [-0.4, -0.2) is 18.0 Å². The van der Waals surface area contributed by atoms with E-state index in [0.29, 0.717) is 11.8 Å². The smallest absolute Gasteiger partial charge is 0.197 e. The van der Waals surface area contributed by atoms with Crippen molar-refractivity contribution < 1.29 is 4.18 Å². The molecule has 0 N–H and O–H groups in total. The van der Waals surface area contributed by atoms with Crippen LogP contribution in [0.25, 0.3) is 0 Å². The maximum Gasteiger partial charge on any atom is 0.197 e. The van der Waals surface area contributed by atoms with Crippen molar-refractivity contribution in [1.29, 1.82) is 0 Å². The van der Waals surface area contributed by atoms with Crippen molar-refractivity contribution in [3.8, 4) is 0 Å². The summed E-state index contributed by atoms with van der Waals surface area (Å²) in [5.41, 5.74) is 2.95. The van der Waals surface area contributed by atoms with E-state index in [0.717, 1.165) is 19.5 Å². The van der Waals surface area contributed by atoms with Crippen molar-refractivity contribution in [1.82, 2.24) is 4.90 Å². The summed E-state index contributed by atoms with van der Waals surface area (Å²) < 4.78 is 4.88. The molecule has 1 saturated heterocycles. The van der Waals surface area contributed by atoms with Crippen LogP contribution in [0.5, 0.6) is 0 Å². The van der Waals surface area contributed by atoms with E-state index in [1.165, 1.54) is 17.6 Å². The first-order chi connectivity index (χ1) is 7.20. The lowest BCUT2D eigenvalue weighted by Gasteiger charge is -2.34. The van der Waals surface area contributed by atoms with E-state index in [9.17, 15) is 0 Å². The van der Waals surface area contributed by atoms with E-state index >= 15 is 0 Å². The van der Waals surface area contributed by atoms with E-state index in [4.69, 9.17) is 4.18 Å². The van der Waals surface area contributed by atoms with Crippen molar-refractivity contribution >= 4 is 12.9 Å². The topological polar surface area (TPSA) is 12.5 Å². The molecular formula is C12H17NOS. The highest BCUT2D eigenvalue weighted by atomic mass is 32.1. The molecule has 0 bridgehead atoms. The van der Waals surface area contributed by atoms with Gasteiger partial charge in [0.05, 0.1) is 0 Å². The highest BCUT2D eigenvalue weighted by Crippen LogP contribution is 2.30. The Balaban J connectivity index is 2.10. The predicted octanol–water partition coefficient (Wildman–Crippen LogP) is 2.92. The molecule has 0 spiro atoms. The Hall–Kier alpha value is -0.830. The lowest BCUT2D eigenvalue weighted by atomic mass is 9.87. The van der Waals surface area contributed by atoms with Crippen molar-refractivity contribution in [2.75, 3.05) is 13.1 Å². The first kappa shape index (κ1) is 10.7. The molecule has 1 heterocycles. The minimum Gasteiger partial charge on any atom is -0.412 e. The molecule has 1 unspecified atom stereocenters. The second kappa shape index (κ2) is 4.35. The predicted molar refractivity (Wildman–Crippen MR) is 65.3 cm³/mol. The van der Waals surface area contributed by atoms with Gasteiger partial charge in [-0.1, -0.05) is 19.1 Å². The molecule has 3 heteroatoms. The second-order valence-corrected chi connectivity index (χ2v) is 4.47. The molecule has 0 saturated carbocycles. The number of fused-ring (bicyclic) bond motifs is 1. The summed E-state index contributed by atoms with van der Waals surface area (Å²) in [6, 6.07) is 0. The molecule has 0 amide bonds. The molecule has 0 radical (unpaired) electrons. The van der Waals surface area contributed by atoms with E-state index in [1.54, 1.807) is 0 Å². The molecule has 2 rings (SSSR count). The zero-order valence-electron chi connectivity index (χ0n) is 9.07. The molecule has 15 heavy (non-hydrogen) atoms. The van der Waals surface area contributed by atoms with Crippen molar-refractivity contribution in [2.24, 2.45) is 5.92 Å². The number of piperidine rings is 1. The van der Waals surface area contributed by atoms with Gasteiger partial charge in [0.15, 0.2) is 5.88 Å². The van der Waals surface area contributed by atoms with Gasteiger partial charge in [-0.05, 0) is 36.5 Å². The largest absolute Gasteiger partial charge is 0.412 e. The lowest BCUT2D eigenvalue weighted by Crippen LogP contribution is -2.32. The van der Waals surface area contributed by atoms with Crippen LogP contribution >= 0.6 is 12.9 Å². The zero-order chi connectivity index (χ0) is 10.8. The fraction of sp³-hybridized carbons (Fsp3) is 0.500. The molecule has 2 nitrogen and oxygen atoms in total. The first-order valence-electron chi connectivity index (χ1n) is 5.36. The Morgan fingerprint density at radius 1 is 1.60 bits per heavy atom. The van der Waals surface area contributed by atoms with Gasteiger partial charge < -0.3 is 9.08 Å². The summed E-state index contributed by atoms with van der Waals surface area (Å²) in [5.74, 6) is 1.31. The molecule has 0 aromatic carbocycles. The Morgan fingerprint density at radius 3 is 3.13 bits per heavy atom. The van der Waals surface area contributed by atoms with Gasteiger partial charge in [-0.25, -0.2) is 0 Å². The summed E-state index contributed by atoms with van der Waals surface area (Å²) in [4.78, 5) is 2.13. The van der Waals surface area contributed by atoms with E-state index < -0.39 is 0 Å². The molecule has 1 fully saturated rings. The van der Waals surface area contributed by atoms with E-state index in [2.05, 4.69) is 43.5 Å². The van der Waals surface area contributed by atoms with Crippen LogP contribution in [0.3, 0.4) is 0 Å². The maximum absolute atomic E-state index is 4.88. The first-order valence-corrected chi connectivity index (χ1v) is 5.72. The van der Waals surface area contributed by atoms with Crippen molar-refractivity contribution in [3.63, 3.8) is 0 Å². The van der Waals surface area contributed by atoms with Gasteiger partial charge in [0, 0.05) is 26.0 Å². The van der Waals surface area contributed by atoms with Gasteiger partial charge in [0.2, 0.25) is 0 Å². The standard InChI is InChI=1S/C12H17NOS/c1-9-3-4-11-5-6-13(10(2)14-15)8-12(11)7-9/h4,7,9,15H,2-3,5-6,8H2,1H3. The fourth-order valence-corrected chi connectivity index (χ4v) is 2.32. The van der Waals surface area contributed by atoms with Crippen molar-refractivity contribution in [3.05, 3.63) is 35.8 Å². The minimum absolute atomic E-state index is 0.650. The third-order valence-corrected chi connectivity index (χ3v) is 3.32. The molecule has 82 valence electrons. The highest BCUT2D eigenvalue weighted by molar-refractivity contribution is 7.75. The number of likely N-dealkylation sites (tertiary alicyclic amines) is 1. The van der Waals surface area contributed by atoms with Gasteiger partial charge in [-0.15, -0.1) is 0 Å². The number of allylic oxidation sites excluding steroid dienone is 2. The minimum atomic E-state index is 0.650. The number of hydrogen-bond acceptors (Lipinski definition) is 3. The zero-order valence-corrected chi connectivity index (χ0v) is 9.96. The number of nitrogens with zero attached hydrogens (tertiary/aromatic N) is 1. The van der Waals surface area contributed by atoms with Crippen LogP contribution in [0, 0.1) is 5.92 Å². The Labute approximate surface area is 96.9 Å². The quantitative estimate of drug-likeness (QED) is 0.439. The molecule has 0 aromatic rings. The molecule has 1 aliphatic heterocycles. The fourth-order valence-electron chi connectivity index (χ4n) is 2.21. The average molecular weight is 223 g/mol. The summed E-state index contributed by atoms with van der Waals surface area (Å²) in [7, 11) is 0. The molecule has 2 aliphatic rings. The van der Waals surface area contributed by atoms with Crippen LogP contribution < -0.4 is 0 Å². The summed E-state index contributed by atoms with van der Waals surface area (Å²) in [6.07, 6.45) is 7.02. The molecular weight excluding hydrogens is 206 g/mol. The Kier molecular flexibility index (Phi) is 3.10. The van der Waals surface area contributed by atoms with Crippen LogP contribution in [0.4, 0.5) is 0 Å². The van der Waals surface area contributed by atoms with Gasteiger partial charge in [-0.3, -0.25) is 0 Å². The molecule has 1 aliphatic carbocycles. The normalized spacial score (nSPS) is 25.2. The lowest BCUT2D eigenvalue weighted by molar-refractivity contribution is 0.245. The van der Waals surface area contributed by atoms with Crippen LogP contribution in [0.1, 0.15) is 19.8 Å². The third kappa shape index (κ3) is 2.23. The molecule has 1 atom stereocenters. The van der Waals surface area contributed by atoms with Gasteiger partial charge in [0.25, 0.3) is 0 Å². The van der Waals surface area contributed by atoms with Crippen LogP contribution in [0.2, 0.25) is 0 Å². The Morgan fingerprint density at radius 2 is 2.40 bits per heavy atom. The molecule has 0 aromatic heterocycles.